The number of hydrogen-bond acceptors (Lipinski definition) is 4. The zero-order valence-corrected chi connectivity index (χ0v) is 12.7. The minimum absolute atomic E-state index is 0.102. The van der Waals surface area contributed by atoms with Gasteiger partial charge in [-0.2, -0.15) is 0 Å². The number of rotatable bonds is 9. The zero-order valence-electron chi connectivity index (χ0n) is 12.7. The van der Waals surface area contributed by atoms with Crippen LogP contribution >= 0.6 is 0 Å². The summed E-state index contributed by atoms with van der Waals surface area (Å²) in [5.74, 6) is 1.83. The Bertz CT molecular complexity index is 493. The van der Waals surface area contributed by atoms with Gasteiger partial charge in [0.15, 0.2) is 0 Å². The Morgan fingerprint density at radius 1 is 1.19 bits per heavy atom. The molecule has 0 saturated carbocycles. The standard InChI is InChI=1S/C17H23NO3/c1-14(12-18-13-17-4-3-10-20-17)21-16-7-5-15(6-8-16)9-11-19-2/h3-8,10,14,18H,9,11-13H2,1-2H3. The molecule has 0 aliphatic heterocycles. The molecule has 1 heterocycles. The first kappa shape index (κ1) is 15.6. The Kier molecular flexibility index (Phi) is 6.31. The number of methoxy groups -OCH3 is 1. The molecule has 21 heavy (non-hydrogen) atoms. The quantitative estimate of drug-likeness (QED) is 0.770. The molecule has 1 atom stereocenters. The summed E-state index contributed by atoms with van der Waals surface area (Å²) in [6.07, 6.45) is 2.71. The fraction of sp³-hybridized carbons (Fsp3) is 0.412. The lowest BCUT2D eigenvalue weighted by molar-refractivity contribution is 0.202. The molecule has 0 aliphatic carbocycles. The highest BCUT2D eigenvalue weighted by Crippen LogP contribution is 2.14. The number of hydrogen-bond donors (Lipinski definition) is 1. The molecular weight excluding hydrogens is 266 g/mol. The smallest absolute Gasteiger partial charge is 0.119 e. The zero-order chi connectivity index (χ0) is 14.9. The Morgan fingerprint density at radius 3 is 2.67 bits per heavy atom. The lowest BCUT2D eigenvalue weighted by Crippen LogP contribution is -2.28. The minimum atomic E-state index is 0.102. The summed E-state index contributed by atoms with van der Waals surface area (Å²) in [4.78, 5) is 0. The van der Waals surface area contributed by atoms with Gasteiger partial charge in [0.2, 0.25) is 0 Å². The summed E-state index contributed by atoms with van der Waals surface area (Å²) in [7, 11) is 1.72. The van der Waals surface area contributed by atoms with Gasteiger partial charge in [-0.3, -0.25) is 0 Å². The van der Waals surface area contributed by atoms with Gasteiger partial charge >= 0.3 is 0 Å². The van der Waals surface area contributed by atoms with Gasteiger partial charge in [0.25, 0.3) is 0 Å². The summed E-state index contributed by atoms with van der Waals surface area (Å²) in [5.41, 5.74) is 1.26. The van der Waals surface area contributed by atoms with E-state index in [1.807, 2.05) is 31.2 Å². The normalized spacial score (nSPS) is 12.3. The third-order valence-corrected chi connectivity index (χ3v) is 3.17. The van der Waals surface area contributed by atoms with Crippen molar-refractivity contribution in [1.82, 2.24) is 5.32 Å². The van der Waals surface area contributed by atoms with Crippen molar-refractivity contribution in [3.63, 3.8) is 0 Å². The summed E-state index contributed by atoms with van der Waals surface area (Å²) < 4.78 is 16.2. The third kappa shape index (κ3) is 5.61. The second-order valence-electron chi connectivity index (χ2n) is 5.03. The predicted molar refractivity (Wildman–Crippen MR) is 82.5 cm³/mol. The summed E-state index contributed by atoms with van der Waals surface area (Å²) in [6.45, 7) is 4.28. The van der Waals surface area contributed by atoms with E-state index in [9.17, 15) is 0 Å². The predicted octanol–water partition coefficient (Wildman–Crippen LogP) is 3.03. The minimum Gasteiger partial charge on any atom is -0.489 e. The van der Waals surface area contributed by atoms with Gasteiger partial charge in [-0.05, 0) is 43.2 Å². The Morgan fingerprint density at radius 2 is 2.00 bits per heavy atom. The summed E-state index contributed by atoms with van der Waals surface area (Å²) >= 11 is 0. The van der Waals surface area contributed by atoms with Crippen molar-refractivity contribution in [2.24, 2.45) is 0 Å². The summed E-state index contributed by atoms with van der Waals surface area (Å²) in [6, 6.07) is 12.0. The number of benzene rings is 1. The van der Waals surface area contributed by atoms with E-state index in [0.717, 1.165) is 37.6 Å². The largest absolute Gasteiger partial charge is 0.489 e. The average molecular weight is 289 g/mol. The molecule has 0 amide bonds. The fourth-order valence-electron chi connectivity index (χ4n) is 2.04. The van der Waals surface area contributed by atoms with Crippen molar-refractivity contribution in [2.75, 3.05) is 20.3 Å². The Hall–Kier alpha value is -1.78. The Labute approximate surface area is 126 Å². The molecule has 0 saturated heterocycles. The molecule has 1 unspecified atom stereocenters. The van der Waals surface area contributed by atoms with Gasteiger partial charge in [0.05, 0.1) is 19.4 Å². The molecular formula is C17H23NO3. The molecule has 0 bridgehead atoms. The highest BCUT2D eigenvalue weighted by atomic mass is 16.5. The van der Waals surface area contributed by atoms with Crippen molar-refractivity contribution < 1.29 is 13.9 Å². The van der Waals surface area contributed by atoms with Crippen molar-refractivity contribution >= 4 is 0 Å². The van der Waals surface area contributed by atoms with Gasteiger partial charge in [-0.15, -0.1) is 0 Å². The molecule has 114 valence electrons. The van der Waals surface area contributed by atoms with E-state index in [1.54, 1.807) is 13.4 Å². The van der Waals surface area contributed by atoms with Crippen LogP contribution in [0.5, 0.6) is 5.75 Å². The fourth-order valence-corrected chi connectivity index (χ4v) is 2.04. The van der Waals surface area contributed by atoms with E-state index in [1.165, 1.54) is 5.56 Å². The third-order valence-electron chi connectivity index (χ3n) is 3.17. The van der Waals surface area contributed by atoms with Crippen molar-refractivity contribution in [3.05, 3.63) is 54.0 Å². The number of nitrogens with one attached hydrogen (secondary N) is 1. The molecule has 1 aromatic carbocycles. The second kappa shape index (κ2) is 8.49. The molecule has 1 N–H and O–H groups in total. The second-order valence-corrected chi connectivity index (χ2v) is 5.03. The molecule has 0 spiro atoms. The number of ether oxygens (including phenoxy) is 2. The van der Waals surface area contributed by atoms with Crippen LogP contribution in [0.4, 0.5) is 0 Å². The molecule has 0 aliphatic rings. The molecule has 1 aromatic heterocycles. The lowest BCUT2D eigenvalue weighted by Gasteiger charge is -2.15. The van der Waals surface area contributed by atoms with Crippen LogP contribution in [0.2, 0.25) is 0 Å². The van der Waals surface area contributed by atoms with E-state index in [4.69, 9.17) is 13.9 Å². The highest BCUT2D eigenvalue weighted by Gasteiger charge is 2.04. The van der Waals surface area contributed by atoms with Crippen LogP contribution in [-0.4, -0.2) is 26.4 Å². The van der Waals surface area contributed by atoms with Crippen LogP contribution in [0.1, 0.15) is 18.2 Å². The van der Waals surface area contributed by atoms with Crippen molar-refractivity contribution in [1.29, 1.82) is 0 Å². The van der Waals surface area contributed by atoms with Gasteiger partial charge in [-0.25, -0.2) is 0 Å². The molecule has 0 fully saturated rings. The maximum absolute atomic E-state index is 5.87. The van der Waals surface area contributed by atoms with Crippen LogP contribution in [0.3, 0.4) is 0 Å². The molecule has 4 heteroatoms. The Balaban J connectivity index is 1.70. The first-order chi connectivity index (χ1) is 10.3. The van der Waals surface area contributed by atoms with Crippen LogP contribution in [0.25, 0.3) is 0 Å². The first-order valence-electron chi connectivity index (χ1n) is 7.25. The van der Waals surface area contributed by atoms with Crippen LogP contribution in [0, 0.1) is 0 Å². The van der Waals surface area contributed by atoms with Crippen molar-refractivity contribution in [2.45, 2.75) is 26.0 Å². The monoisotopic (exact) mass is 289 g/mol. The average Bonchev–Trinajstić information content (AvgIpc) is 3.00. The van der Waals surface area contributed by atoms with E-state index < -0.39 is 0 Å². The number of furan rings is 1. The van der Waals surface area contributed by atoms with Gasteiger partial charge in [0, 0.05) is 13.7 Å². The van der Waals surface area contributed by atoms with E-state index in [-0.39, 0.29) is 6.10 Å². The molecule has 0 radical (unpaired) electrons. The van der Waals surface area contributed by atoms with Crippen molar-refractivity contribution in [3.8, 4) is 5.75 Å². The van der Waals surface area contributed by atoms with Crippen LogP contribution in [-0.2, 0) is 17.7 Å². The lowest BCUT2D eigenvalue weighted by atomic mass is 10.1. The van der Waals surface area contributed by atoms with Gasteiger partial charge in [-0.1, -0.05) is 12.1 Å². The maximum Gasteiger partial charge on any atom is 0.119 e. The molecule has 4 nitrogen and oxygen atoms in total. The van der Waals surface area contributed by atoms with Gasteiger partial charge in [0.1, 0.15) is 17.6 Å². The summed E-state index contributed by atoms with van der Waals surface area (Å²) in [5, 5.41) is 3.31. The topological polar surface area (TPSA) is 43.6 Å². The first-order valence-corrected chi connectivity index (χ1v) is 7.25. The van der Waals surface area contributed by atoms with E-state index >= 15 is 0 Å². The highest BCUT2D eigenvalue weighted by molar-refractivity contribution is 5.27. The van der Waals surface area contributed by atoms with Crippen LogP contribution in [0.15, 0.2) is 47.1 Å². The van der Waals surface area contributed by atoms with E-state index in [2.05, 4.69) is 17.4 Å². The van der Waals surface area contributed by atoms with Gasteiger partial charge < -0.3 is 19.2 Å². The van der Waals surface area contributed by atoms with E-state index in [0.29, 0.717) is 0 Å². The molecule has 2 aromatic rings. The SMILES string of the molecule is COCCc1ccc(OC(C)CNCc2ccco2)cc1. The van der Waals surface area contributed by atoms with Crippen LogP contribution < -0.4 is 10.1 Å². The maximum atomic E-state index is 5.87. The molecule has 2 rings (SSSR count).